The molecule has 1 unspecified atom stereocenters. The number of sulfonamides is 1. The maximum atomic E-state index is 12.8. The first-order chi connectivity index (χ1) is 15.4. The summed E-state index contributed by atoms with van der Waals surface area (Å²) in [6.07, 6.45) is 1.67. The number of benzene rings is 3. The molecule has 4 aromatic rings. The summed E-state index contributed by atoms with van der Waals surface area (Å²) >= 11 is 0. The molecular weight excluding hydrogens is 420 g/mol. The van der Waals surface area contributed by atoms with E-state index in [1.807, 2.05) is 60.7 Å². The highest BCUT2D eigenvalue weighted by Gasteiger charge is 2.19. The normalized spacial score (nSPS) is 13.2. The van der Waals surface area contributed by atoms with Crippen LogP contribution < -0.4 is 4.72 Å². The molecule has 160 valence electrons. The van der Waals surface area contributed by atoms with Crippen LogP contribution in [0.1, 0.15) is 23.6 Å². The molecule has 0 spiro atoms. The molecule has 4 rings (SSSR count). The lowest BCUT2D eigenvalue weighted by Gasteiger charge is -2.16. The second kappa shape index (κ2) is 8.93. The molecule has 32 heavy (non-hydrogen) atoms. The third-order valence-corrected chi connectivity index (χ3v) is 6.56. The Labute approximate surface area is 187 Å². The summed E-state index contributed by atoms with van der Waals surface area (Å²) in [5.41, 5.74) is 1.67. The fraction of sp³-hybridized carbons (Fsp3) is 0.115. The van der Waals surface area contributed by atoms with Crippen LogP contribution in [0.4, 0.5) is 0 Å². The lowest BCUT2D eigenvalue weighted by Crippen LogP contribution is -2.23. The molecule has 0 amide bonds. The van der Waals surface area contributed by atoms with Crippen molar-refractivity contribution in [1.29, 1.82) is 0 Å². The Bertz CT molecular complexity index is 1400. The topological polar surface area (TPSA) is 79.3 Å². The third-order valence-electron chi connectivity index (χ3n) is 5.14. The highest BCUT2D eigenvalue weighted by molar-refractivity contribution is 7.89. The quantitative estimate of drug-likeness (QED) is 0.459. The highest BCUT2D eigenvalue weighted by Crippen LogP contribution is 2.20. The monoisotopic (exact) mass is 442 g/mol. The van der Waals surface area contributed by atoms with Gasteiger partial charge >= 0.3 is 0 Å². The molecule has 0 fully saturated rings. The van der Waals surface area contributed by atoms with Gasteiger partial charge in [0.15, 0.2) is 0 Å². The molecule has 5 nitrogen and oxygen atoms in total. The van der Waals surface area contributed by atoms with Crippen molar-refractivity contribution >= 4 is 20.9 Å². The first-order valence-corrected chi connectivity index (χ1v) is 11.6. The first kappa shape index (κ1) is 21.7. The van der Waals surface area contributed by atoms with Crippen molar-refractivity contribution < 1.29 is 13.5 Å². The summed E-state index contributed by atoms with van der Waals surface area (Å²) in [7, 11) is -3.70. The maximum absolute atomic E-state index is 12.8. The average Bonchev–Trinajstić information content (AvgIpc) is 2.82. The fourth-order valence-electron chi connectivity index (χ4n) is 3.31. The number of para-hydroxylation sites is 1. The van der Waals surface area contributed by atoms with Gasteiger partial charge in [0.05, 0.1) is 10.4 Å². The summed E-state index contributed by atoms with van der Waals surface area (Å²) < 4.78 is 28.2. The Balaban J connectivity index is 1.49. The van der Waals surface area contributed by atoms with Crippen molar-refractivity contribution in [2.24, 2.45) is 0 Å². The molecule has 1 atom stereocenters. The number of nitrogens with one attached hydrogen (secondary N) is 1. The Morgan fingerprint density at radius 2 is 1.62 bits per heavy atom. The minimum absolute atomic E-state index is 0.149. The van der Waals surface area contributed by atoms with Crippen LogP contribution >= 0.6 is 0 Å². The average molecular weight is 443 g/mol. The zero-order valence-electron chi connectivity index (χ0n) is 17.5. The summed E-state index contributed by atoms with van der Waals surface area (Å²) in [6.45, 7) is 1.79. The number of nitrogens with zero attached hydrogens (tertiary/aromatic N) is 1. The minimum atomic E-state index is -3.70. The van der Waals surface area contributed by atoms with Crippen molar-refractivity contribution in [3.05, 3.63) is 108 Å². The van der Waals surface area contributed by atoms with Gasteiger partial charge in [-0.2, -0.15) is 0 Å². The van der Waals surface area contributed by atoms with Crippen LogP contribution in [-0.4, -0.2) is 18.5 Å². The van der Waals surface area contributed by atoms with Crippen LogP contribution in [0, 0.1) is 11.8 Å². The van der Waals surface area contributed by atoms with E-state index in [0.29, 0.717) is 11.1 Å². The molecular formula is C26H22N2O3S. The zero-order chi connectivity index (χ0) is 22.6. The van der Waals surface area contributed by atoms with Gasteiger partial charge < -0.3 is 5.11 Å². The van der Waals surface area contributed by atoms with Gasteiger partial charge in [-0.15, -0.1) is 0 Å². The summed E-state index contributed by atoms with van der Waals surface area (Å²) in [5, 5.41) is 11.5. The van der Waals surface area contributed by atoms with E-state index in [-0.39, 0.29) is 11.4 Å². The minimum Gasteiger partial charge on any atom is -0.374 e. The van der Waals surface area contributed by atoms with Gasteiger partial charge in [0.2, 0.25) is 10.0 Å². The molecule has 1 heterocycles. The molecule has 0 saturated heterocycles. The van der Waals surface area contributed by atoms with Crippen LogP contribution in [0.25, 0.3) is 10.9 Å². The van der Waals surface area contributed by atoms with Gasteiger partial charge in [-0.05, 0) is 54.4 Å². The van der Waals surface area contributed by atoms with E-state index in [0.717, 1.165) is 16.5 Å². The number of hydrogen-bond donors (Lipinski definition) is 2. The van der Waals surface area contributed by atoms with E-state index < -0.39 is 15.6 Å². The van der Waals surface area contributed by atoms with Gasteiger partial charge in [0.1, 0.15) is 5.60 Å². The number of aliphatic hydroxyl groups is 1. The number of hydrogen-bond acceptors (Lipinski definition) is 4. The van der Waals surface area contributed by atoms with Crippen LogP contribution in [0.5, 0.6) is 0 Å². The fourth-order valence-corrected chi connectivity index (χ4v) is 4.32. The number of rotatable bonds is 5. The highest BCUT2D eigenvalue weighted by atomic mass is 32.2. The van der Waals surface area contributed by atoms with Gasteiger partial charge in [0.25, 0.3) is 0 Å². The molecule has 2 N–H and O–H groups in total. The van der Waals surface area contributed by atoms with Crippen molar-refractivity contribution in [2.45, 2.75) is 24.0 Å². The number of pyridine rings is 1. The summed E-state index contributed by atoms with van der Waals surface area (Å²) in [5.74, 6) is 5.77. The lowest BCUT2D eigenvalue weighted by atomic mass is 9.96. The van der Waals surface area contributed by atoms with Crippen molar-refractivity contribution in [1.82, 2.24) is 9.71 Å². The van der Waals surface area contributed by atoms with Gasteiger partial charge in [-0.25, -0.2) is 13.1 Å². The Kier molecular flexibility index (Phi) is 6.06. The van der Waals surface area contributed by atoms with Crippen molar-refractivity contribution in [3.8, 4) is 11.8 Å². The van der Waals surface area contributed by atoms with Gasteiger partial charge in [0, 0.05) is 23.7 Å². The van der Waals surface area contributed by atoms with Gasteiger partial charge in [-0.1, -0.05) is 60.4 Å². The first-order valence-electron chi connectivity index (χ1n) is 10.1. The van der Waals surface area contributed by atoms with E-state index >= 15 is 0 Å². The molecule has 0 aliphatic carbocycles. The largest absolute Gasteiger partial charge is 0.374 e. The molecule has 6 heteroatoms. The molecule has 1 aromatic heterocycles. The molecule has 0 aliphatic heterocycles. The van der Waals surface area contributed by atoms with E-state index in [4.69, 9.17) is 0 Å². The second-order valence-electron chi connectivity index (χ2n) is 7.52. The van der Waals surface area contributed by atoms with Crippen LogP contribution in [-0.2, 0) is 22.2 Å². The van der Waals surface area contributed by atoms with Crippen molar-refractivity contribution in [3.63, 3.8) is 0 Å². The Morgan fingerprint density at radius 1 is 0.938 bits per heavy atom. The Morgan fingerprint density at radius 3 is 2.38 bits per heavy atom. The smallest absolute Gasteiger partial charge is 0.240 e. The number of fused-ring (bicyclic) bond motifs is 1. The SMILES string of the molecule is CC(O)(C#Cc1ccc(S(=O)(=O)NCc2ccnc3ccccc23)cc1)c1ccccc1. The summed E-state index contributed by atoms with van der Waals surface area (Å²) in [6, 6.07) is 24.9. The second-order valence-corrected chi connectivity index (χ2v) is 9.29. The van der Waals surface area contributed by atoms with E-state index in [1.165, 1.54) is 12.1 Å². The molecule has 0 saturated carbocycles. The predicted molar refractivity (Wildman–Crippen MR) is 125 cm³/mol. The Hall–Kier alpha value is -3.50. The third kappa shape index (κ3) is 4.87. The number of aromatic nitrogens is 1. The van der Waals surface area contributed by atoms with E-state index in [1.54, 1.807) is 25.3 Å². The molecule has 3 aromatic carbocycles. The molecule has 0 aliphatic rings. The maximum Gasteiger partial charge on any atom is 0.240 e. The van der Waals surface area contributed by atoms with Crippen LogP contribution in [0.2, 0.25) is 0 Å². The standard InChI is InChI=1S/C26H22N2O3S/c1-26(29,22-7-3-2-4-8-22)17-15-20-11-13-23(14-12-20)32(30,31)28-19-21-16-18-27-25-10-6-5-9-24(21)25/h2-14,16,18,28-29H,19H2,1H3. The zero-order valence-corrected chi connectivity index (χ0v) is 18.3. The van der Waals surface area contributed by atoms with Crippen LogP contribution in [0.15, 0.2) is 96.0 Å². The molecule has 0 radical (unpaired) electrons. The summed E-state index contributed by atoms with van der Waals surface area (Å²) in [4.78, 5) is 4.45. The van der Waals surface area contributed by atoms with Gasteiger partial charge in [-0.3, -0.25) is 4.98 Å². The van der Waals surface area contributed by atoms with E-state index in [2.05, 4.69) is 21.5 Å². The van der Waals surface area contributed by atoms with Crippen molar-refractivity contribution in [2.75, 3.05) is 0 Å². The predicted octanol–water partition coefficient (Wildman–Crippen LogP) is 3.97. The lowest BCUT2D eigenvalue weighted by molar-refractivity contribution is 0.122. The van der Waals surface area contributed by atoms with E-state index in [9.17, 15) is 13.5 Å². The molecule has 0 bridgehead atoms. The van der Waals surface area contributed by atoms with Crippen LogP contribution in [0.3, 0.4) is 0 Å².